The second-order valence-electron chi connectivity index (χ2n) is 8.14. The molecule has 3 rings (SSSR count). The van der Waals surface area contributed by atoms with Crippen molar-refractivity contribution in [1.29, 1.82) is 5.41 Å². The lowest BCUT2D eigenvalue weighted by Crippen LogP contribution is -2.45. The molecule has 1 aromatic rings. The van der Waals surface area contributed by atoms with Gasteiger partial charge in [-0.15, -0.1) is 0 Å². The first kappa shape index (κ1) is 21.3. The van der Waals surface area contributed by atoms with Gasteiger partial charge in [0.15, 0.2) is 0 Å². The van der Waals surface area contributed by atoms with Gasteiger partial charge >= 0.3 is 5.97 Å². The molecular weight excluding hydrogens is 368 g/mol. The zero-order chi connectivity index (χ0) is 20.8. The fraction of sp³-hybridized carbons (Fsp3) is 0.591. The van der Waals surface area contributed by atoms with Crippen molar-refractivity contribution in [2.75, 3.05) is 31.6 Å². The van der Waals surface area contributed by atoms with Crippen LogP contribution in [0.5, 0.6) is 0 Å². The maximum atomic E-state index is 12.5. The van der Waals surface area contributed by atoms with Crippen LogP contribution in [0.4, 0.5) is 5.69 Å². The highest BCUT2D eigenvalue weighted by Gasteiger charge is 2.30. The molecule has 158 valence electrons. The fourth-order valence-corrected chi connectivity index (χ4v) is 4.40. The number of nitrogens with two attached hydrogens (primary N) is 1. The van der Waals surface area contributed by atoms with Gasteiger partial charge in [-0.25, -0.2) is 0 Å². The lowest BCUT2D eigenvalue weighted by molar-refractivity contribution is -0.147. The van der Waals surface area contributed by atoms with Crippen LogP contribution < -0.4 is 16.0 Å². The number of methoxy groups -OCH3 is 1. The third kappa shape index (κ3) is 5.56. The number of carbonyl (C=O) groups is 2. The highest BCUT2D eigenvalue weighted by molar-refractivity contribution is 5.95. The minimum absolute atomic E-state index is 0.0363. The van der Waals surface area contributed by atoms with E-state index in [1.165, 1.54) is 7.11 Å². The Morgan fingerprint density at radius 1 is 1.07 bits per heavy atom. The van der Waals surface area contributed by atoms with Crippen LogP contribution in [0, 0.1) is 17.2 Å². The van der Waals surface area contributed by atoms with Gasteiger partial charge in [0.1, 0.15) is 11.6 Å². The number of nitrogens with one attached hydrogen (secondary N) is 2. The summed E-state index contributed by atoms with van der Waals surface area (Å²) in [4.78, 5) is 26.5. The summed E-state index contributed by atoms with van der Waals surface area (Å²) in [5.41, 5.74) is 7.40. The number of nitrogen functional groups attached to an aromatic ring is 1. The topological polar surface area (TPSA) is 109 Å². The Kier molecular flexibility index (Phi) is 7.25. The molecule has 2 fully saturated rings. The van der Waals surface area contributed by atoms with Gasteiger partial charge in [-0.05, 0) is 62.8 Å². The third-order valence-electron chi connectivity index (χ3n) is 6.32. The second kappa shape index (κ2) is 9.87. The number of hydrogen-bond donors (Lipinski definition) is 3. The van der Waals surface area contributed by atoms with E-state index in [4.69, 9.17) is 15.9 Å². The van der Waals surface area contributed by atoms with Crippen LogP contribution in [0.1, 0.15) is 44.1 Å². The maximum absolute atomic E-state index is 12.5. The minimum Gasteiger partial charge on any atom is -0.469 e. The molecular formula is C22H32N4O3. The molecule has 7 nitrogen and oxygen atoms in total. The fourth-order valence-electron chi connectivity index (χ4n) is 4.40. The Hall–Kier alpha value is -2.41. The SMILES string of the molecule is COC(=O)[C@H]1CC[C@H](C(=O)CNC2CCN(c3ccc(C(=N)N)cc3)CC2)CC1. The molecule has 1 heterocycles. The average molecular weight is 401 g/mol. The van der Waals surface area contributed by atoms with E-state index in [-0.39, 0.29) is 29.4 Å². The largest absolute Gasteiger partial charge is 0.469 e. The molecule has 0 aromatic heterocycles. The number of benzene rings is 1. The van der Waals surface area contributed by atoms with Gasteiger partial charge in [0.2, 0.25) is 0 Å². The maximum Gasteiger partial charge on any atom is 0.308 e. The quantitative estimate of drug-likeness (QED) is 0.367. The third-order valence-corrected chi connectivity index (χ3v) is 6.32. The molecule has 0 unspecified atom stereocenters. The molecule has 0 atom stereocenters. The number of amidine groups is 1. The lowest BCUT2D eigenvalue weighted by Gasteiger charge is -2.34. The second-order valence-corrected chi connectivity index (χ2v) is 8.14. The van der Waals surface area contributed by atoms with Crippen LogP contribution in [0.3, 0.4) is 0 Å². The summed E-state index contributed by atoms with van der Waals surface area (Å²) in [6.45, 7) is 2.30. The highest BCUT2D eigenvalue weighted by atomic mass is 16.5. The van der Waals surface area contributed by atoms with Gasteiger partial charge in [0.25, 0.3) is 0 Å². The van der Waals surface area contributed by atoms with Crippen molar-refractivity contribution in [1.82, 2.24) is 5.32 Å². The molecule has 7 heteroatoms. The first-order valence-corrected chi connectivity index (χ1v) is 10.5. The van der Waals surface area contributed by atoms with Gasteiger partial charge < -0.3 is 20.7 Å². The van der Waals surface area contributed by atoms with Crippen molar-refractivity contribution in [3.63, 3.8) is 0 Å². The van der Waals surface area contributed by atoms with E-state index < -0.39 is 0 Å². The van der Waals surface area contributed by atoms with Crippen molar-refractivity contribution < 1.29 is 14.3 Å². The monoisotopic (exact) mass is 400 g/mol. The zero-order valence-corrected chi connectivity index (χ0v) is 17.2. The van der Waals surface area contributed by atoms with Gasteiger partial charge in [-0.1, -0.05) is 0 Å². The first-order valence-electron chi connectivity index (χ1n) is 10.5. The van der Waals surface area contributed by atoms with Crippen molar-refractivity contribution in [3.05, 3.63) is 29.8 Å². The number of piperidine rings is 1. The summed E-state index contributed by atoms with van der Waals surface area (Å²) in [5.74, 6) is 0.254. The molecule has 0 amide bonds. The highest BCUT2D eigenvalue weighted by Crippen LogP contribution is 2.30. The van der Waals surface area contributed by atoms with Gasteiger partial charge in [0.05, 0.1) is 19.6 Å². The summed E-state index contributed by atoms with van der Waals surface area (Å²) in [6, 6.07) is 8.15. The van der Waals surface area contributed by atoms with Crippen molar-refractivity contribution in [3.8, 4) is 0 Å². The Morgan fingerprint density at radius 3 is 2.21 bits per heavy atom. The summed E-state index contributed by atoms with van der Waals surface area (Å²) < 4.78 is 4.81. The number of Topliss-reactive ketones (excluding diaryl/α,β-unsaturated/α-hetero) is 1. The van der Waals surface area contributed by atoms with Crippen molar-refractivity contribution in [2.24, 2.45) is 17.6 Å². The number of anilines is 1. The Balaban J connectivity index is 1.38. The normalized spacial score (nSPS) is 22.9. The Bertz CT molecular complexity index is 718. The van der Waals surface area contributed by atoms with Crippen molar-refractivity contribution >= 4 is 23.3 Å². The average Bonchev–Trinajstić information content (AvgIpc) is 2.77. The van der Waals surface area contributed by atoms with Gasteiger partial charge in [-0.2, -0.15) is 0 Å². The number of ether oxygens (including phenoxy) is 1. The van der Waals surface area contributed by atoms with Crippen LogP contribution in [0.15, 0.2) is 24.3 Å². The molecule has 4 N–H and O–H groups in total. The molecule has 1 saturated heterocycles. The van der Waals surface area contributed by atoms with Crippen LogP contribution in [-0.4, -0.2) is 50.4 Å². The van der Waals surface area contributed by atoms with Crippen LogP contribution in [-0.2, 0) is 14.3 Å². The number of rotatable bonds is 7. The Labute approximate surface area is 172 Å². The smallest absolute Gasteiger partial charge is 0.308 e. The molecule has 0 radical (unpaired) electrons. The van der Waals surface area contributed by atoms with E-state index in [2.05, 4.69) is 10.2 Å². The molecule has 1 aliphatic carbocycles. The van der Waals surface area contributed by atoms with E-state index in [0.29, 0.717) is 12.6 Å². The van der Waals surface area contributed by atoms with E-state index >= 15 is 0 Å². The van der Waals surface area contributed by atoms with Crippen molar-refractivity contribution in [2.45, 2.75) is 44.6 Å². The number of nitrogens with zero attached hydrogens (tertiary/aromatic N) is 1. The number of ketones is 1. The van der Waals surface area contributed by atoms with E-state index in [1.807, 2.05) is 24.3 Å². The summed E-state index contributed by atoms with van der Waals surface area (Å²) in [7, 11) is 1.43. The van der Waals surface area contributed by atoms with Crippen LogP contribution in [0.2, 0.25) is 0 Å². The predicted octanol–water partition coefficient (Wildman–Crippen LogP) is 2.08. The molecule has 2 aliphatic rings. The molecule has 1 aromatic carbocycles. The zero-order valence-electron chi connectivity index (χ0n) is 17.2. The van der Waals surface area contributed by atoms with Gasteiger partial charge in [0, 0.05) is 36.3 Å². The molecule has 0 bridgehead atoms. The van der Waals surface area contributed by atoms with E-state index in [9.17, 15) is 9.59 Å². The predicted molar refractivity (Wildman–Crippen MR) is 113 cm³/mol. The molecule has 1 aliphatic heterocycles. The molecule has 0 spiro atoms. The number of hydrogen-bond acceptors (Lipinski definition) is 6. The lowest BCUT2D eigenvalue weighted by atomic mass is 9.80. The first-order chi connectivity index (χ1) is 14.0. The minimum atomic E-state index is -0.142. The van der Waals surface area contributed by atoms with E-state index in [1.54, 1.807) is 0 Å². The molecule has 29 heavy (non-hydrogen) atoms. The summed E-state index contributed by atoms with van der Waals surface area (Å²) >= 11 is 0. The van der Waals surface area contributed by atoms with Gasteiger partial charge in [-0.3, -0.25) is 15.0 Å². The van der Waals surface area contributed by atoms with Crippen LogP contribution in [0.25, 0.3) is 0 Å². The standard InChI is InChI=1S/C22H32N4O3/c1-29-22(28)17-4-2-15(3-5-17)20(27)14-25-18-10-12-26(13-11-18)19-8-6-16(7-9-19)21(23)24/h6-9,15,17-18,25H,2-5,10-14H2,1H3,(H3,23,24)/t15-,17-. The number of carbonyl (C=O) groups excluding carboxylic acids is 2. The summed E-state index contributed by atoms with van der Waals surface area (Å²) in [5, 5.41) is 10.9. The number of esters is 1. The molecule has 1 saturated carbocycles. The summed E-state index contributed by atoms with van der Waals surface area (Å²) in [6.07, 6.45) is 5.07. The van der Waals surface area contributed by atoms with E-state index in [0.717, 1.165) is 62.9 Å². The van der Waals surface area contributed by atoms with Crippen LogP contribution >= 0.6 is 0 Å². The Morgan fingerprint density at radius 2 is 1.66 bits per heavy atom.